The van der Waals surface area contributed by atoms with E-state index in [0.717, 1.165) is 24.6 Å². The summed E-state index contributed by atoms with van der Waals surface area (Å²) in [7, 11) is 0. The Morgan fingerprint density at radius 3 is 2.31 bits per heavy atom. The third-order valence-electron chi connectivity index (χ3n) is 1.66. The van der Waals surface area contributed by atoms with Crippen LogP contribution in [0.1, 0.15) is 20.8 Å². The molecule has 0 unspecified atom stereocenters. The van der Waals surface area contributed by atoms with Gasteiger partial charge in [0.25, 0.3) is 0 Å². The van der Waals surface area contributed by atoms with Gasteiger partial charge >= 0.3 is 6.09 Å². The van der Waals surface area contributed by atoms with E-state index in [1.54, 1.807) is 4.90 Å². The summed E-state index contributed by atoms with van der Waals surface area (Å²) in [6, 6.07) is 0. The van der Waals surface area contributed by atoms with Crippen LogP contribution in [0.25, 0.3) is 0 Å². The molecule has 1 aliphatic heterocycles. The topological polar surface area (TPSA) is 29.5 Å². The molecule has 1 rings (SSSR count). The smallest absolute Gasteiger partial charge is 0.410 e. The van der Waals surface area contributed by atoms with Gasteiger partial charge in [-0.2, -0.15) is 11.8 Å². The van der Waals surface area contributed by atoms with Crippen molar-refractivity contribution < 1.29 is 9.53 Å². The number of amides is 1. The van der Waals surface area contributed by atoms with E-state index in [4.69, 9.17) is 4.74 Å². The standard InChI is InChI=1S/C9H17NO2S/c1-9(2,3)12-8(11)10-4-6-13-7-5-10/h4-7H2,1-3H3. The van der Waals surface area contributed by atoms with Gasteiger partial charge in [0.15, 0.2) is 0 Å². The van der Waals surface area contributed by atoms with Crippen molar-refractivity contribution in [2.45, 2.75) is 26.4 Å². The Balaban J connectivity index is 2.38. The lowest BCUT2D eigenvalue weighted by Crippen LogP contribution is -2.41. The number of carbonyl (C=O) groups is 1. The maximum Gasteiger partial charge on any atom is 0.410 e. The third kappa shape index (κ3) is 3.89. The summed E-state index contributed by atoms with van der Waals surface area (Å²) in [5.74, 6) is 2.05. The molecule has 1 fully saturated rings. The van der Waals surface area contributed by atoms with Crippen LogP contribution in [0.4, 0.5) is 4.79 Å². The highest BCUT2D eigenvalue weighted by molar-refractivity contribution is 7.99. The second-order valence-electron chi connectivity index (χ2n) is 4.08. The van der Waals surface area contributed by atoms with Crippen LogP contribution in [0.5, 0.6) is 0 Å². The maximum absolute atomic E-state index is 11.5. The molecular formula is C9H17NO2S. The number of nitrogens with zero attached hydrogens (tertiary/aromatic N) is 1. The van der Waals surface area contributed by atoms with Gasteiger partial charge in [0, 0.05) is 24.6 Å². The van der Waals surface area contributed by atoms with Crippen LogP contribution in [0.15, 0.2) is 0 Å². The van der Waals surface area contributed by atoms with Crippen LogP contribution in [0.2, 0.25) is 0 Å². The van der Waals surface area contributed by atoms with Gasteiger partial charge in [-0.15, -0.1) is 0 Å². The lowest BCUT2D eigenvalue weighted by Gasteiger charge is -2.29. The summed E-state index contributed by atoms with van der Waals surface area (Å²) in [6.07, 6.45) is -0.173. The zero-order valence-electron chi connectivity index (χ0n) is 8.50. The van der Waals surface area contributed by atoms with E-state index in [0.29, 0.717) is 0 Å². The van der Waals surface area contributed by atoms with Crippen LogP contribution in [-0.4, -0.2) is 41.2 Å². The first-order chi connectivity index (χ1) is 5.99. The van der Waals surface area contributed by atoms with Gasteiger partial charge in [-0.1, -0.05) is 0 Å². The highest BCUT2D eigenvalue weighted by atomic mass is 32.2. The first kappa shape index (κ1) is 10.7. The molecule has 0 aromatic rings. The fourth-order valence-corrected chi connectivity index (χ4v) is 1.98. The van der Waals surface area contributed by atoms with Crippen LogP contribution in [-0.2, 0) is 4.74 Å². The van der Waals surface area contributed by atoms with Crippen molar-refractivity contribution in [3.8, 4) is 0 Å². The fraction of sp³-hybridized carbons (Fsp3) is 0.889. The van der Waals surface area contributed by atoms with Crippen LogP contribution < -0.4 is 0 Å². The van der Waals surface area contributed by atoms with Crippen molar-refractivity contribution in [2.24, 2.45) is 0 Å². The number of carbonyl (C=O) groups excluding carboxylic acids is 1. The quantitative estimate of drug-likeness (QED) is 0.603. The predicted octanol–water partition coefficient (Wildman–Crippen LogP) is 1.97. The lowest BCUT2D eigenvalue weighted by molar-refractivity contribution is 0.0269. The summed E-state index contributed by atoms with van der Waals surface area (Å²) in [4.78, 5) is 13.3. The normalized spacial score (nSPS) is 18.5. The minimum absolute atomic E-state index is 0.173. The molecule has 0 spiro atoms. The molecule has 0 bridgehead atoms. The molecule has 1 amide bonds. The fourth-order valence-electron chi connectivity index (χ4n) is 1.07. The second kappa shape index (κ2) is 4.22. The molecule has 13 heavy (non-hydrogen) atoms. The maximum atomic E-state index is 11.5. The van der Waals surface area contributed by atoms with E-state index in [1.807, 2.05) is 32.5 Å². The summed E-state index contributed by atoms with van der Waals surface area (Å²) in [5, 5.41) is 0. The van der Waals surface area contributed by atoms with Gasteiger partial charge in [0.05, 0.1) is 0 Å². The van der Waals surface area contributed by atoms with Gasteiger partial charge in [-0.05, 0) is 20.8 Å². The molecule has 0 N–H and O–H groups in total. The van der Waals surface area contributed by atoms with Gasteiger partial charge in [-0.25, -0.2) is 4.79 Å². The van der Waals surface area contributed by atoms with E-state index < -0.39 is 0 Å². The van der Waals surface area contributed by atoms with Crippen LogP contribution in [0, 0.1) is 0 Å². The van der Waals surface area contributed by atoms with Gasteiger partial charge in [0.1, 0.15) is 5.60 Å². The SMILES string of the molecule is CC(C)(C)OC(=O)N1CCSCC1. The first-order valence-electron chi connectivity index (χ1n) is 4.55. The molecule has 1 heterocycles. The van der Waals surface area contributed by atoms with Crippen molar-refractivity contribution in [1.29, 1.82) is 0 Å². The molecule has 0 aliphatic carbocycles. The minimum Gasteiger partial charge on any atom is -0.444 e. The summed E-state index contributed by atoms with van der Waals surface area (Å²) in [6.45, 7) is 7.32. The first-order valence-corrected chi connectivity index (χ1v) is 5.70. The molecular weight excluding hydrogens is 186 g/mol. The molecule has 76 valence electrons. The molecule has 0 aromatic carbocycles. The molecule has 4 heteroatoms. The zero-order chi connectivity index (χ0) is 9.90. The average Bonchev–Trinajstić information content (AvgIpc) is 2.03. The number of hydrogen-bond donors (Lipinski definition) is 0. The summed E-state index contributed by atoms with van der Waals surface area (Å²) in [5.41, 5.74) is -0.373. The van der Waals surface area contributed by atoms with Crippen molar-refractivity contribution in [3.05, 3.63) is 0 Å². The Kier molecular flexibility index (Phi) is 3.47. The van der Waals surface area contributed by atoms with E-state index in [2.05, 4.69) is 0 Å². The third-order valence-corrected chi connectivity index (χ3v) is 2.61. The van der Waals surface area contributed by atoms with Crippen LogP contribution >= 0.6 is 11.8 Å². The number of ether oxygens (including phenoxy) is 1. The van der Waals surface area contributed by atoms with Gasteiger partial charge < -0.3 is 9.64 Å². The van der Waals surface area contributed by atoms with Gasteiger partial charge in [0.2, 0.25) is 0 Å². The average molecular weight is 203 g/mol. The molecule has 3 nitrogen and oxygen atoms in total. The van der Waals surface area contributed by atoms with E-state index in [1.165, 1.54) is 0 Å². The molecule has 0 aromatic heterocycles. The van der Waals surface area contributed by atoms with Crippen molar-refractivity contribution >= 4 is 17.9 Å². The Labute approximate surface area is 83.8 Å². The Morgan fingerprint density at radius 1 is 1.31 bits per heavy atom. The Bertz CT molecular complexity index is 183. The predicted molar refractivity (Wildman–Crippen MR) is 55.1 cm³/mol. The number of rotatable bonds is 0. The van der Waals surface area contributed by atoms with Gasteiger partial charge in [-0.3, -0.25) is 0 Å². The van der Waals surface area contributed by atoms with Crippen LogP contribution in [0.3, 0.4) is 0 Å². The minimum atomic E-state index is -0.373. The largest absolute Gasteiger partial charge is 0.444 e. The monoisotopic (exact) mass is 203 g/mol. The number of hydrogen-bond acceptors (Lipinski definition) is 3. The van der Waals surface area contributed by atoms with E-state index in [-0.39, 0.29) is 11.7 Å². The van der Waals surface area contributed by atoms with Crippen molar-refractivity contribution in [3.63, 3.8) is 0 Å². The van der Waals surface area contributed by atoms with E-state index >= 15 is 0 Å². The second-order valence-corrected chi connectivity index (χ2v) is 5.30. The highest BCUT2D eigenvalue weighted by Crippen LogP contribution is 2.14. The Morgan fingerprint density at radius 2 is 1.85 bits per heavy atom. The Hall–Kier alpha value is -0.380. The molecule has 0 atom stereocenters. The lowest BCUT2D eigenvalue weighted by atomic mass is 10.2. The van der Waals surface area contributed by atoms with E-state index in [9.17, 15) is 4.79 Å². The van der Waals surface area contributed by atoms with Crippen molar-refractivity contribution in [2.75, 3.05) is 24.6 Å². The summed E-state index contributed by atoms with van der Waals surface area (Å²) >= 11 is 1.88. The van der Waals surface area contributed by atoms with Crippen molar-refractivity contribution in [1.82, 2.24) is 4.90 Å². The zero-order valence-corrected chi connectivity index (χ0v) is 9.32. The number of thioether (sulfide) groups is 1. The molecule has 1 aliphatic rings. The summed E-state index contributed by atoms with van der Waals surface area (Å²) < 4.78 is 5.25. The highest BCUT2D eigenvalue weighted by Gasteiger charge is 2.23. The molecule has 1 saturated heterocycles. The molecule has 0 radical (unpaired) electrons. The molecule has 0 saturated carbocycles.